The first kappa shape index (κ1) is 67.1. The highest BCUT2D eigenvalue weighted by Gasteiger charge is 2.19. The summed E-state index contributed by atoms with van der Waals surface area (Å²) in [5.74, 6) is -0.914. The van der Waals surface area contributed by atoms with Crippen molar-refractivity contribution in [1.82, 2.24) is 0 Å². The lowest BCUT2D eigenvalue weighted by molar-refractivity contribution is -0.167. The minimum atomic E-state index is -0.787. The maximum Gasteiger partial charge on any atom is 0.306 e. The largest absolute Gasteiger partial charge is 0.462 e. The second-order valence-corrected chi connectivity index (χ2v) is 19.2. The first-order valence-corrected chi connectivity index (χ1v) is 29.4. The average Bonchev–Trinajstić information content (AvgIpc) is 3.37. The standard InChI is InChI=1S/C65H108O6/c1-4-7-10-13-16-18-20-22-24-26-28-29-30-31-32-33-34-35-37-38-40-42-44-46-49-52-55-58-64(67)70-61-62(60-69-63(66)57-54-51-48-15-12-9-6-3)71-65(68)59-56-53-50-47-45-43-41-39-36-27-25-23-21-19-17-14-11-8-5-2/h7,10,16-19,22-25,28-29,31-32,34-36,39,62H,4-6,8-9,11-15,20-21,26-27,30,33,37-38,40-61H2,1-3H3/b10-7-,18-16-,19-17-,24-22-,25-23-,29-28-,32-31-,35-34-,39-36-. The molecular weight excluding hydrogens is 877 g/mol. The van der Waals surface area contributed by atoms with Crippen LogP contribution in [0.2, 0.25) is 0 Å². The SMILES string of the molecule is CC/C=C\C/C=C\C/C=C\C/C=C\C/C=C\C/C=C\CCCCCCCCCCC(=O)OCC(COC(=O)CCCCCCCCC)OC(=O)CCCCCCCC/C=C\C/C=C\C/C=C\CCCCC. The van der Waals surface area contributed by atoms with Crippen LogP contribution in [0.1, 0.15) is 265 Å². The van der Waals surface area contributed by atoms with E-state index in [2.05, 4.69) is 130 Å². The molecule has 0 fully saturated rings. The molecule has 0 spiro atoms. The normalized spacial score (nSPS) is 12.9. The van der Waals surface area contributed by atoms with Crippen LogP contribution in [0.4, 0.5) is 0 Å². The molecule has 6 heteroatoms. The molecule has 0 N–H and O–H groups in total. The quantitative estimate of drug-likeness (QED) is 0.0261. The molecule has 6 nitrogen and oxygen atoms in total. The summed E-state index contributed by atoms with van der Waals surface area (Å²) in [6, 6.07) is 0. The minimum Gasteiger partial charge on any atom is -0.462 e. The molecular formula is C65H108O6. The molecule has 0 aliphatic heterocycles. The lowest BCUT2D eigenvalue weighted by atomic mass is 10.1. The number of esters is 3. The van der Waals surface area contributed by atoms with E-state index in [4.69, 9.17) is 14.2 Å². The van der Waals surface area contributed by atoms with Gasteiger partial charge in [-0.2, -0.15) is 0 Å². The lowest BCUT2D eigenvalue weighted by Crippen LogP contribution is -2.30. The highest BCUT2D eigenvalue weighted by molar-refractivity contribution is 5.71. The Balaban J connectivity index is 4.23. The molecule has 0 aliphatic carbocycles. The Labute approximate surface area is 438 Å². The van der Waals surface area contributed by atoms with Crippen LogP contribution in [0.15, 0.2) is 109 Å². The van der Waals surface area contributed by atoms with E-state index in [-0.39, 0.29) is 31.1 Å². The van der Waals surface area contributed by atoms with Crippen LogP contribution in [0.3, 0.4) is 0 Å². The third-order valence-electron chi connectivity index (χ3n) is 12.3. The third kappa shape index (κ3) is 56.9. The van der Waals surface area contributed by atoms with Gasteiger partial charge in [-0.1, -0.05) is 246 Å². The fourth-order valence-electron chi connectivity index (χ4n) is 7.86. The zero-order valence-electron chi connectivity index (χ0n) is 46.2. The van der Waals surface area contributed by atoms with Gasteiger partial charge in [0.25, 0.3) is 0 Å². The molecule has 0 amide bonds. The van der Waals surface area contributed by atoms with Crippen LogP contribution in [0.25, 0.3) is 0 Å². The van der Waals surface area contributed by atoms with E-state index in [1.165, 1.54) is 96.3 Å². The molecule has 0 saturated carbocycles. The number of carbonyl (C=O) groups excluding carboxylic acids is 3. The maximum atomic E-state index is 12.8. The van der Waals surface area contributed by atoms with Gasteiger partial charge in [0.05, 0.1) is 0 Å². The summed E-state index contributed by atoms with van der Waals surface area (Å²) >= 11 is 0. The van der Waals surface area contributed by atoms with E-state index in [1.54, 1.807) is 0 Å². The van der Waals surface area contributed by atoms with Crippen molar-refractivity contribution >= 4 is 17.9 Å². The first-order valence-electron chi connectivity index (χ1n) is 29.4. The monoisotopic (exact) mass is 985 g/mol. The predicted molar refractivity (Wildman–Crippen MR) is 307 cm³/mol. The van der Waals surface area contributed by atoms with Crippen molar-refractivity contribution in [3.8, 4) is 0 Å². The van der Waals surface area contributed by atoms with Gasteiger partial charge in [-0.15, -0.1) is 0 Å². The van der Waals surface area contributed by atoms with Crippen molar-refractivity contribution in [1.29, 1.82) is 0 Å². The van der Waals surface area contributed by atoms with Crippen LogP contribution in [0, 0.1) is 0 Å². The molecule has 0 bridgehead atoms. The van der Waals surface area contributed by atoms with Crippen molar-refractivity contribution < 1.29 is 28.6 Å². The van der Waals surface area contributed by atoms with E-state index < -0.39 is 6.10 Å². The molecule has 0 aromatic heterocycles. The number of hydrogen-bond donors (Lipinski definition) is 0. The topological polar surface area (TPSA) is 78.9 Å². The van der Waals surface area contributed by atoms with E-state index in [0.717, 1.165) is 128 Å². The Morgan fingerprint density at radius 2 is 0.549 bits per heavy atom. The van der Waals surface area contributed by atoms with E-state index >= 15 is 0 Å². The molecule has 0 saturated heterocycles. The highest BCUT2D eigenvalue weighted by atomic mass is 16.6. The van der Waals surface area contributed by atoms with Gasteiger partial charge in [-0.05, 0) is 109 Å². The summed E-state index contributed by atoms with van der Waals surface area (Å²) < 4.78 is 16.8. The van der Waals surface area contributed by atoms with E-state index in [9.17, 15) is 14.4 Å². The molecule has 0 rings (SSSR count). The Hall–Kier alpha value is -3.93. The van der Waals surface area contributed by atoms with Gasteiger partial charge < -0.3 is 14.2 Å². The number of hydrogen-bond acceptors (Lipinski definition) is 6. The summed E-state index contributed by atoms with van der Waals surface area (Å²) in [5, 5.41) is 0. The number of allylic oxidation sites excluding steroid dienone is 18. The molecule has 1 atom stereocenters. The molecule has 71 heavy (non-hydrogen) atoms. The molecule has 1 unspecified atom stereocenters. The van der Waals surface area contributed by atoms with Crippen molar-refractivity contribution in [2.75, 3.05) is 13.2 Å². The fourth-order valence-corrected chi connectivity index (χ4v) is 7.86. The van der Waals surface area contributed by atoms with Crippen molar-refractivity contribution in [2.24, 2.45) is 0 Å². The predicted octanol–water partition coefficient (Wildman–Crippen LogP) is 19.9. The molecule has 0 heterocycles. The van der Waals surface area contributed by atoms with Crippen LogP contribution < -0.4 is 0 Å². The third-order valence-corrected chi connectivity index (χ3v) is 12.3. The number of ether oxygens (including phenoxy) is 3. The van der Waals surface area contributed by atoms with Crippen LogP contribution >= 0.6 is 0 Å². The van der Waals surface area contributed by atoms with Crippen LogP contribution in [-0.2, 0) is 28.6 Å². The Morgan fingerprint density at radius 1 is 0.296 bits per heavy atom. The summed E-state index contributed by atoms with van der Waals surface area (Å²) in [6.07, 6.45) is 79.5. The van der Waals surface area contributed by atoms with Crippen LogP contribution in [0.5, 0.6) is 0 Å². The molecule has 0 radical (unpaired) electrons. The second-order valence-electron chi connectivity index (χ2n) is 19.2. The smallest absolute Gasteiger partial charge is 0.306 e. The molecule has 404 valence electrons. The zero-order valence-corrected chi connectivity index (χ0v) is 46.2. The number of unbranched alkanes of at least 4 members (excludes halogenated alkanes) is 23. The number of rotatable bonds is 52. The summed E-state index contributed by atoms with van der Waals surface area (Å²) in [6.45, 7) is 6.44. The van der Waals surface area contributed by atoms with E-state index in [1.807, 2.05) is 0 Å². The second kappa shape index (κ2) is 58.6. The van der Waals surface area contributed by atoms with Gasteiger partial charge in [0.1, 0.15) is 13.2 Å². The fraction of sp³-hybridized carbons (Fsp3) is 0.677. The number of carbonyl (C=O) groups is 3. The van der Waals surface area contributed by atoms with Crippen LogP contribution in [-0.4, -0.2) is 37.2 Å². The molecule has 0 aromatic rings. The molecule has 0 aliphatic rings. The minimum absolute atomic E-state index is 0.0863. The van der Waals surface area contributed by atoms with Crippen molar-refractivity contribution in [3.63, 3.8) is 0 Å². The van der Waals surface area contributed by atoms with Gasteiger partial charge in [0.15, 0.2) is 6.10 Å². The zero-order chi connectivity index (χ0) is 51.4. The Morgan fingerprint density at radius 3 is 0.887 bits per heavy atom. The molecule has 0 aromatic carbocycles. The Bertz CT molecular complexity index is 1460. The van der Waals surface area contributed by atoms with Gasteiger partial charge in [0, 0.05) is 19.3 Å². The van der Waals surface area contributed by atoms with Crippen molar-refractivity contribution in [2.45, 2.75) is 271 Å². The van der Waals surface area contributed by atoms with Gasteiger partial charge in [-0.3, -0.25) is 14.4 Å². The summed E-state index contributed by atoms with van der Waals surface area (Å²) in [7, 11) is 0. The van der Waals surface area contributed by atoms with Crippen molar-refractivity contribution in [3.05, 3.63) is 109 Å². The lowest BCUT2D eigenvalue weighted by Gasteiger charge is -2.18. The first-order chi connectivity index (χ1) is 35.0. The summed E-state index contributed by atoms with van der Waals surface area (Å²) in [4.78, 5) is 38.0. The average molecular weight is 986 g/mol. The summed E-state index contributed by atoms with van der Waals surface area (Å²) in [5.41, 5.74) is 0. The van der Waals surface area contributed by atoms with E-state index in [0.29, 0.717) is 19.3 Å². The maximum absolute atomic E-state index is 12.8. The van der Waals surface area contributed by atoms with Gasteiger partial charge in [0.2, 0.25) is 0 Å². The highest BCUT2D eigenvalue weighted by Crippen LogP contribution is 2.14. The Kier molecular flexibility index (Phi) is 55.4. The van der Waals surface area contributed by atoms with Gasteiger partial charge in [-0.25, -0.2) is 0 Å². The van der Waals surface area contributed by atoms with Gasteiger partial charge >= 0.3 is 17.9 Å².